The van der Waals surface area contributed by atoms with E-state index in [1.165, 1.54) is 0 Å². The van der Waals surface area contributed by atoms with E-state index in [0.717, 1.165) is 88.4 Å². The number of aryl methyl sites for hydroxylation is 4. The molecule has 12 rings (SSSR count). The van der Waals surface area contributed by atoms with Crippen LogP contribution in [0.15, 0.2) is 170 Å². The van der Waals surface area contributed by atoms with Crippen LogP contribution >= 0.6 is 0 Å². The van der Waals surface area contributed by atoms with Crippen molar-refractivity contribution in [2.75, 3.05) is 0 Å². The largest absolute Gasteiger partial charge is 0.308 e. The van der Waals surface area contributed by atoms with Gasteiger partial charge in [0, 0.05) is 43.8 Å². The Morgan fingerprint density at radius 3 is 1.31 bits per heavy atom. The van der Waals surface area contributed by atoms with Gasteiger partial charge in [0.1, 0.15) is 34.9 Å². The second kappa shape index (κ2) is 16.0. The third-order valence-corrected chi connectivity index (χ3v) is 12.6. The molecule has 0 atom stereocenters. The lowest BCUT2D eigenvalue weighted by Gasteiger charge is -2.18. The van der Waals surface area contributed by atoms with Crippen LogP contribution in [0.1, 0.15) is 28.9 Å². The van der Waals surface area contributed by atoms with Crippen LogP contribution in [-0.4, -0.2) is 44.0 Å². The summed E-state index contributed by atoms with van der Waals surface area (Å²) in [7, 11) is 0. The highest BCUT2D eigenvalue weighted by molar-refractivity contribution is 6.12. The van der Waals surface area contributed by atoms with E-state index in [2.05, 4.69) is 171 Å². The van der Waals surface area contributed by atoms with E-state index in [4.69, 9.17) is 24.9 Å². The van der Waals surface area contributed by atoms with E-state index in [1.807, 2.05) is 52.0 Å². The first-order chi connectivity index (χ1) is 33.3. The zero-order valence-electron chi connectivity index (χ0n) is 37.6. The number of hydrogen-bond acceptors (Lipinski definition) is 8. The lowest BCUT2D eigenvalue weighted by Crippen LogP contribution is -2.06. The number of aromatic nitrogens is 9. The van der Waals surface area contributed by atoms with Crippen LogP contribution in [0.3, 0.4) is 0 Å². The first-order valence-electron chi connectivity index (χ1n) is 22.5. The molecule has 0 radical (unpaired) electrons. The Bertz CT molecular complexity index is 3820. The highest BCUT2D eigenvalue weighted by Gasteiger charge is 2.24. The Labute approximate surface area is 391 Å². The molecule has 0 aliphatic heterocycles. The number of hydrogen-bond donors (Lipinski definition) is 0. The molecule has 0 aliphatic rings. The van der Waals surface area contributed by atoms with Gasteiger partial charge in [-0.3, -0.25) is 0 Å². The summed E-state index contributed by atoms with van der Waals surface area (Å²) in [4.78, 5) is 33.3. The lowest BCUT2D eigenvalue weighted by molar-refractivity contribution is 0.928. The van der Waals surface area contributed by atoms with Gasteiger partial charge in [-0.1, -0.05) is 115 Å². The molecular formula is C58H40N10. The standard InChI is InChI=1S/C58H40N10/c1-34-60-35(2)63-57(62-34)41-24-26-46-44-18-8-10-22-51(44)67(53(46)29-41)55-31-43(50-21-13-20-49(66-50)40-17-12-16-39(28-40)38-14-6-5-7-15-38)32-56(48(55)33-59)68-52-23-11-9-19-45(52)47-27-25-42(30-54(47)68)58-64-36(3)61-37(4)65-58/h5-32H,1-4H3. The fourth-order valence-corrected chi connectivity index (χ4v) is 9.70. The Morgan fingerprint density at radius 2 is 0.779 bits per heavy atom. The lowest BCUT2D eigenvalue weighted by atomic mass is 10.00. The fourth-order valence-electron chi connectivity index (χ4n) is 9.70. The summed E-state index contributed by atoms with van der Waals surface area (Å²) in [5, 5.41) is 15.9. The highest BCUT2D eigenvalue weighted by atomic mass is 15.0. The second-order valence-corrected chi connectivity index (χ2v) is 17.0. The molecule has 322 valence electrons. The van der Waals surface area contributed by atoms with E-state index >= 15 is 0 Å². The van der Waals surface area contributed by atoms with E-state index in [1.54, 1.807) is 0 Å². The zero-order chi connectivity index (χ0) is 46.0. The molecule has 68 heavy (non-hydrogen) atoms. The minimum absolute atomic E-state index is 0.486. The number of fused-ring (bicyclic) bond motifs is 6. The van der Waals surface area contributed by atoms with Crippen LogP contribution < -0.4 is 0 Å². The summed E-state index contributed by atoms with van der Waals surface area (Å²) >= 11 is 0. The molecule has 12 aromatic rings. The molecule has 0 spiro atoms. The van der Waals surface area contributed by atoms with Crippen molar-refractivity contribution in [1.29, 1.82) is 5.26 Å². The molecule has 0 saturated carbocycles. The number of nitrogens with zero attached hydrogens (tertiary/aromatic N) is 10. The predicted octanol–water partition coefficient (Wildman–Crippen LogP) is 13.1. The van der Waals surface area contributed by atoms with Crippen molar-refractivity contribution in [2.24, 2.45) is 0 Å². The Kier molecular flexibility index (Phi) is 9.51. The summed E-state index contributed by atoms with van der Waals surface area (Å²) in [5.41, 5.74) is 13.0. The maximum atomic E-state index is 11.7. The van der Waals surface area contributed by atoms with Gasteiger partial charge in [-0.2, -0.15) is 5.26 Å². The Balaban J connectivity index is 1.16. The van der Waals surface area contributed by atoms with Gasteiger partial charge in [-0.25, -0.2) is 34.9 Å². The Morgan fingerprint density at radius 1 is 0.338 bits per heavy atom. The molecule has 0 saturated heterocycles. The van der Waals surface area contributed by atoms with Gasteiger partial charge in [-0.15, -0.1) is 0 Å². The topological polar surface area (TPSA) is 124 Å². The smallest absolute Gasteiger partial charge is 0.163 e. The molecule has 0 N–H and O–H groups in total. The highest BCUT2D eigenvalue weighted by Crippen LogP contribution is 2.42. The number of benzene rings is 7. The van der Waals surface area contributed by atoms with Crippen LogP contribution in [0.25, 0.3) is 111 Å². The summed E-state index contributed by atoms with van der Waals surface area (Å²) in [5.74, 6) is 3.77. The molecule has 0 unspecified atom stereocenters. The quantitative estimate of drug-likeness (QED) is 0.155. The molecule has 7 aromatic carbocycles. The van der Waals surface area contributed by atoms with Crippen LogP contribution in [0, 0.1) is 39.0 Å². The van der Waals surface area contributed by atoms with E-state index in [0.29, 0.717) is 51.9 Å². The minimum atomic E-state index is 0.486. The van der Waals surface area contributed by atoms with Crippen molar-refractivity contribution in [3.05, 3.63) is 199 Å². The molecule has 0 aliphatic carbocycles. The average Bonchev–Trinajstić information content (AvgIpc) is 3.87. The summed E-state index contributed by atoms with van der Waals surface area (Å²) in [6, 6.07) is 61.3. The normalized spacial score (nSPS) is 11.5. The molecule has 10 heteroatoms. The molecule has 10 nitrogen and oxygen atoms in total. The first kappa shape index (κ1) is 40.3. The van der Waals surface area contributed by atoms with Gasteiger partial charge in [0.15, 0.2) is 11.6 Å². The van der Waals surface area contributed by atoms with E-state index in [-0.39, 0.29) is 0 Å². The van der Waals surface area contributed by atoms with Crippen LogP contribution in [0.5, 0.6) is 0 Å². The van der Waals surface area contributed by atoms with Crippen molar-refractivity contribution in [3.8, 4) is 73.9 Å². The fraction of sp³-hybridized carbons (Fsp3) is 0.0690. The van der Waals surface area contributed by atoms with Gasteiger partial charge in [0.05, 0.1) is 44.8 Å². The minimum Gasteiger partial charge on any atom is -0.308 e. The summed E-state index contributed by atoms with van der Waals surface area (Å²) in [6.45, 7) is 7.53. The van der Waals surface area contributed by atoms with Gasteiger partial charge >= 0.3 is 0 Å². The van der Waals surface area contributed by atoms with Crippen molar-refractivity contribution in [1.82, 2.24) is 44.0 Å². The van der Waals surface area contributed by atoms with Crippen molar-refractivity contribution >= 4 is 43.6 Å². The zero-order valence-corrected chi connectivity index (χ0v) is 37.6. The molecular weight excluding hydrogens is 837 g/mol. The maximum Gasteiger partial charge on any atom is 0.163 e. The predicted molar refractivity (Wildman–Crippen MR) is 271 cm³/mol. The molecule has 5 heterocycles. The monoisotopic (exact) mass is 876 g/mol. The number of nitriles is 1. The first-order valence-corrected chi connectivity index (χ1v) is 22.5. The molecule has 0 fully saturated rings. The van der Waals surface area contributed by atoms with Gasteiger partial charge in [-0.05, 0) is 93.4 Å². The summed E-state index contributed by atoms with van der Waals surface area (Å²) < 4.78 is 4.42. The van der Waals surface area contributed by atoms with Crippen molar-refractivity contribution < 1.29 is 0 Å². The number of rotatable bonds is 7. The van der Waals surface area contributed by atoms with Crippen LogP contribution in [0.2, 0.25) is 0 Å². The second-order valence-electron chi connectivity index (χ2n) is 17.0. The third kappa shape index (κ3) is 6.84. The number of pyridine rings is 1. The van der Waals surface area contributed by atoms with E-state index < -0.39 is 0 Å². The number of para-hydroxylation sites is 2. The van der Waals surface area contributed by atoms with E-state index in [9.17, 15) is 5.26 Å². The molecule has 0 bridgehead atoms. The SMILES string of the molecule is Cc1nc(C)nc(-c2ccc3c4ccccc4n(-c4cc(-c5cccc(-c6cccc(-c7ccccc7)c6)n5)cc(-n5c6ccccc6c6ccc(-c7nc(C)nc(C)n7)cc65)c4C#N)c3c2)n1. The van der Waals surface area contributed by atoms with Crippen LogP contribution in [0.4, 0.5) is 0 Å². The Hall–Kier alpha value is -9.20. The van der Waals surface area contributed by atoms with Gasteiger partial charge < -0.3 is 9.13 Å². The van der Waals surface area contributed by atoms with Crippen molar-refractivity contribution in [3.63, 3.8) is 0 Å². The van der Waals surface area contributed by atoms with Gasteiger partial charge in [0.25, 0.3) is 0 Å². The molecule has 5 aromatic heterocycles. The maximum absolute atomic E-state index is 11.7. The third-order valence-electron chi connectivity index (χ3n) is 12.6. The van der Waals surface area contributed by atoms with Crippen LogP contribution in [-0.2, 0) is 0 Å². The van der Waals surface area contributed by atoms with Crippen molar-refractivity contribution in [2.45, 2.75) is 27.7 Å². The molecule has 0 amide bonds. The average molecular weight is 877 g/mol. The van der Waals surface area contributed by atoms with Gasteiger partial charge in [0.2, 0.25) is 0 Å². The summed E-state index contributed by atoms with van der Waals surface area (Å²) in [6.07, 6.45) is 0.